The van der Waals surface area contributed by atoms with Crippen LogP contribution in [0.1, 0.15) is 33.0 Å². The minimum atomic E-state index is 0.311. The van der Waals surface area contributed by atoms with Crippen molar-refractivity contribution < 1.29 is 0 Å². The van der Waals surface area contributed by atoms with E-state index in [2.05, 4.69) is 35.3 Å². The first-order valence-electron chi connectivity index (χ1n) is 6.12. The van der Waals surface area contributed by atoms with E-state index in [1.165, 1.54) is 10.6 Å². The van der Waals surface area contributed by atoms with Crippen molar-refractivity contribution in [2.24, 2.45) is 7.05 Å². The Labute approximate surface area is 112 Å². The monoisotopic (exact) mass is 264 g/mol. The fourth-order valence-corrected chi connectivity index (χ4v) is 3.30. The number of nitrogens with zero attached hydrogens (tertiary/aromatic N) is 3. The van der Waals surface area contributed by atoms with E-state index in [1.54, 1.807) is 11.3 Å². The Morgan fingerprint density at radius 2 is 2.11 bits per heavy atom. The van der Waals surface area contributed by atoms with Crippen LogP contribution >= 0.6 is 11.3 Å². The molecule has 1 atom stereocenters. The Kier molecular flexibility index (Phi) is 3.82. The summed E-state index contributed by atoms with van der Waals surface area (Å²) < 4.78 is 1.96. The minimum absolute atomic E-state index is 0.311. The molecule has 18 heavy (non-hydrogen) atoms. The second kappa shape index (κ2) is 5.20. The van der Waals surface area contributed by atoms with E-state index >= 15 is 0 Å². The molecule has 0 aromatic carbocycles. The molecule has 0 aliphatic rings. The Morgan fingerprint density at radius 3 is 2.56 bits per heavy atom. The SMILES string of the molecule is CNC(Cc1cc(C)nn1C)c1sc(C)nc1C. The molecule has 98 valence electrons. The van der Waals surface area contributed by atoms with Crippen LogP contribution in [0, 0.1) is 20.8 Å². The quantitative estimate of drug-likeness (QED) is 0.921. The van der Waals surface area contributed by atoms with Crippen molar-refractivity contribution in [3.05, 3.63) is 33.0 Å². The highest BCUT2D eigenvalue weighted by atomic mass is 32.1. The molecule has 0 spiro atoms. The molecule has 0 radical (unpaired) electrons. The van der Waals surface area contributed by atoms with Crippen molar-refractivity contribution in [1.29, 1.82) is 0 Å². The van der Waals surface area contributed by atoms with E-state index in [0.29, 0.717) is 6.04 Å². The van der Waals surface area contributed by atoms with Crippen LogP contribution in [0.3, 0.4) is 0 Å². The zero-order chi connectivity index (χ0) is 13.3. The molecule has 2 aromatic rings. The van der Waals surface area contributed by atoms with E-state index < -0.39 is 0 Å². The van der Waals surface area contributed by atoms with Gasteiger partial charge in [0.05, 0.1) is 16.4 Å². The van der Waals surface area contributed by atoms with E-state index in [9.17, 15) is 0 Å². The van der Waals surface area contributed by atoms with Crippen LogP contribution in [0.2, 0.25) is 0 Å². The molecule has 2 aromatic heterocycles. The van der Waals surface area contributed by atoms with Gasteiger partial charge in [-0.15, -0.1) is 11.3 Å². The Morgan fingerprint density at radius 1 is 1.39 bits per heavy atom. The molecule has 4 nitrogen and oxygen atoms in total. The maximum atomic E-state index is 4.51. The molecule has 0 aliphatic heterocycles. The van der Waals surface area contributed by atoms with Crippen molar-refractivity contribution in [2.45, 2.75) is 33.2 Å². The normalized spacial score (nSPS) is 12.9. The third-order valence-electron chi connectivity index (χ3n) is 3.12. The van der Waals surface area contributed by atoms with Gasteiger partial charge in [0.15, 0.2) is 0 Å². The van der Waals surface area contributed by atoms with E-state index in [1.807, 2.05) is 25.7 Å². The van der Waals surface area contributed by atoms with E-state index in [-0.39, 0.29) is 0 Å². The molecule has 2 heterocycles. The van der Waals surface area contributed by atoms with Crippen molar-refractivity contribution in [1.82, 2.24) is 20.1 Å². The number of nitrogens with one attached hydrogen (secondary N) is 1. The first kappa shape index (κ1) is 13.2. The van der Waals surface area contributed by atoms with Gasteiger partial charge in [-0.25, -0.2) is 4.98 Å². The highest BCUT2D eigenvalue weighted by molar-refractivity contribution is 7.11. The second-order valence-corrected chi connectivity index (χ2v) is 5.86. The molecule has 1 unspecified atom stereocenters. The average molecular weight is 264 g/mol. The number of hydrogen-bond donors (Lipinski definition) is 1. The lowest BCUT2D eigenvalue weighted by atomic mass is 10.1. The molecule has 0 amide bonds. The topological polar surface area (TPSA) is 42.7 Å². The van der Waals surface area contributed by atoms with Crippen molar-refractivity contribution >= 4 is 11.3 Å². The Balaban J connectivity index is 2.25. The molecule has 5 heteroatoms. The fourth-order valence-electron chi connectivity index (χ4n) is 2.26. The molecule has 0 aliphatic carbocycles. The van der Waals surface area contributed by atoms with Gasteiger partial charge in [0, 0.05) is 30.1 Å². The first-order chi connectivity index (χ1) is 8.51. The number of hydrogen-bond acceptors (Lipinski definition) is 4. The van der Waals surface area contributed by atoms with E-state index in [0.717, 1.165) is 22.8 Å². The molecule has 2 rings (SSSR count). The lowest BCUT2D eigenvalue weighted by Gasteiger charge is -2.15. The summed E-state index contributed by atoms with van der Waals surface area (Å²) in [6, 6.07) is 2.46. The summed E-state index contributed by atoms with van der Waals surface area (Å²) >= 11 is 1.78. The van der Waals surface area contributed by atoms with Crippen molar-refractivity contribution in [3.8, 4) is 0 Å². The van der Waals surface area contributed by atoms with Gasteiger partial charge in [-0.05, 0) is 33.9 Å². The lowest BCUT2D eigenvalue weighted by Crippen LogP contribution is -2.20. The number of likely N-dealkylation sites (N-methyl/N-ethyl adjacent to an activating group) is 1. The minimum Gasteiger partial charge on any atom is -0.312 e. The van der Waals surface area contributed by atoms with Gasteiger partial charge in [-0.3, -0.25) is 4.68 Å². The van der Waals surface area contributed by atoms with Gasteiger partial charge in [0.1, 0.15) is 0 Å². The number of aryl methyl sites for hydroxylation is 4. The number of aromatic nitrogens is 3. The van der Waals surface area contributed by atoms with Crippen LogP contribution in [0.25, 0.3) is 0 Å². The highest BCUT2D eigenvalue weighted by Gasteiger charge is 2.18. The standard InChI is InChI=1S/C13H20N4S/c1-8-6-11(17(5)16-8)7-12(14-4)13-9(2)15-10(3)18-13/h6,12,14H,7H2,1-5H3. The molecule has 0 bridgehead atoms. The zero-order valence-electron chi connectivity index (χ0n) is 11.6. The van der Waals surface area contributed by atoms with Gasteiger partial charge >= 0.3 is 0 Å². The molecule has 0 fully saturated rings. The summed E-state index contributed by atoms with van der Waals surface area (Å²) in [7, 11) is 4.00. The summed E-state index contributed by atoms with van der Waals surface area (Å²) in [5, 5.41) is 8.91. The summed E-state index contributed by atoms with van der Waals surface area (Å²) in [6.45, 7) is 6.17. The van der Waals surface area contributed by atoms with Crippen LogP contribution in [0.4, 0.5) is 0 Å². The zero-order valence-corrected chi connectivity index (χ0v) is 12.4. The Bertz CT molecular complexity index is 541. The largest absolute Gasteiger partial charge is 0.312 e. The third-order valence-corrected chi connectivity index (χ3v) is 4.30. The van der Waals surface area contributed by atoms with Gasteiger partial charge in [-0.2, -0.15) is 5.10 Å². The predicted octanol–water partition coefficient (Wildman–Crippen LogP) is 2.31. The van der Waals surface area contributed by atoms with Crippen LogP contribution < -0.4 is 5.32 Å². The van der Waals surface area contributed by atoms with Crippen LogP contribution in [0.5, 0.6) is 0 Å². The van der Waals surface area contributed by atoms with Crippen LogP contribution in [0.15, 0.2) is 6.07 Å². The van der Waals surface area contributed by atoms with Crippen molar-refractivity contribution in [3.63, 3.8) is 0 Å². The Hall–Kier alpha value is -1.20. The summed E-state index contributed by atoms with van der Waals surface area (Å²) in [6.07, 6.45) is 0.941. The molecule has 0 saturated carbocycles. The summed E-state index contributed by atoms with van der Waals surface area (Å²) in [5.41, 5.74) is 3.45. The molecular weight excluding hydrogens is 244 g/mol. The molecular formula is C13H20N4S. The fraction of sp³-hybridized carbons (Fsp3) is 0.538. The van der Waals surface area contributed by atoms with Crippen molar-refractivity contribution in [2.75, 3.05) is 7.05 Å². The number of thiazole rings is 1. The maximum Gasteiger partial charge on any atom is 0.0900 e. The smallest absolute Gasteiger partial charge is 0.0900 e. The maximum absolute atomic E-state index is 4.51. The predicted molar refractivity (Wildman–Crippen MR) is 75.0 cm³/mol. The number of rotatable bonds is 4. The first-order valence-corrected chi connectivity index (χ1v) is 6.93. The van der Waals surface area contributed by atoms with Gasteiger partial charge in [0.2, 0.25) is 0 Å². The molecule has 1 N–H and O–H groups in total. The second-order valence-electron chi connectivity index (χ2n) is 4.63. The highest BCUT2D eigenvalue weighted by Crippen LogP contribution is 2.27. The van der Waals surface area contributed by atoms with Gasteiger partial charge < -0.3 is 5.32 Å². The van der Waals surface area contributed by atoms with Gasteiger partial charge in [-0.1, -0.05) is 0 Å². The van der Waals surface area contributed by atoms with Crippen LogP contribution in [-0.2, 0) is 13.5 Å². The van der Waals surface area contributed by atoms with Gasteiger partial charge in [0.25, 0.3) is 0 Å². The van der Waals surface area contributed by atoms with E-state index in [4.69, 9.17) is 0 Å². The lowest BCUT2D eigenvalue weighted by molar-refractivity contribution is 0.566. The summed E-state index contributed by atoms with van der Waals surface area (Å²) in [5.74, 6) is 0. The molecule has 0 saturated heterocycles. The summed E-state index contributed by atoms with van der Waals surface area (Å²) in [4.78, 5) is 5.83. The average Bonchev–Trinajstić information content (AvgIpc) is 2.78. The van der Waals surface area contributed by atoms with Crippen LogP contribution in [-0.4, -0.2) is 21.8 Å². The third kappa shape index (κ3) is 2.62.